The van der Waals surface area contributed by atoms with Crippen LogP contribution >= 0.6 is 11.6 Å². The van der Waals surface area contributed by atoms with E-state index < -0.39 is 33.4 Å². The van der Waals surface area contributed by atoms with Crippen LogP contribution in [-0.4, -0.2) is 37.1 Å². The van der Waals surface area contributed by atoms with Crippen LogP contribution in [0.5, 0.6) is 0 Å². The molecule has 10 heteroatoms. The van der Waals surface area contributed by atoms with Gasteiger partial charge in [0.2, 0.25) is 5.96 Å². The smallest absolute Gasteiger partial charge is 0.264 e. The Morgan fingerprint density at radius 2 is 1.73 bits per heavy atom. The predicted octanol–water partition coefficient (Wildman–Crippen LogP) is 5.85. The van der Waals surface area contributed by atoms with Crippen molar-refractivity contribution in [1.29, 1.82) is 5.41 Å². The first-order valence-corrected chi connectivity index (χ1v) is 14.6. The number of guanidine groups is 1. The molecule has 2 aromatic rings. The number of benzene rings is 2. The fourth-order valence-electron chi connectivity index (χ4n) is 3.42. The largest absolute Gasteiger partial charge is 0.387 e. The average Bonchev–Trinajstić information content (AvgIpc) is 2.86. The summed E-state index contributed by atoms with van der Waals surface area (Å²) in [6.07, 6.45) is 4.58. The fourth-order valence-corrected chi connectivity index (χ4v) is 4.53. The van der Waals surface area contributed by atoms with E-state index in [0.717, 1.165) is 11.1 Å². The highest BCUT2D eigenvalue weighted by molar-refractivity contribution is 7.90. The van der Waals surface area contributed by atoms with Gasteiger partial charge in [0.25, 0.3) is 15.9 Å². The third kappa shape index (κ3) is 9.73. The van der Waals surface area contributed by atoms with Gasteiger partial charge in [-0.25, -0.2) is 18.1 Å². The molecule has 0 aliphatic heterocycles. The number of hydrogen-bond acceptors (Lipinski definition) is 5. The molecule has 2 aromatic carbocycles. The van der Waals surface area contributed by atoms with E-state index in [0.29, 0.717) is 5.56 Å². The Hall–Kier alpha value is -3.27. The second-order valence-electron chi connectivity index (χ2n) is 11.3. The number of amides is 1. The third-order valence-electron chi connectivity index (χ3n) is 5.94. The molecule has 1 atom stereocenters. The lowest BCUT2D eigenvalue weighted by atomic mass is 9.86. The maximum atomic E-state index is 12.9. The van der Waals surface area contributed by atoms with Gasteiger partial charge < -0.3 is 10.4 Å². The lowest BCUT2D eigenvalue weighted by molar-refractivity contribution is 0.0916. The van der Waals surface area contributed by atoms with Gasteiger partial charge in [-0.05, 0) is 62.4 Å². The summed E-state index contributed by atoms with van der Waals surface area (Å²) in [5.41, 5.74) is 2.20. The molecule has 1 unspecified atom stereocenters. The van der Waals surface area contributed by atoms with Gasteiger partial charge in [-0.1, -0.05) is 86.5 Å². The van der Waals surface area contributed by atoms with E-state index in [1.54, 1.807) is 19.9 Å². The number of aliphatic imine (C=N–C) groups is 1. The summed E-state index contributed by atoms with van der Waals surface area (Å²) in [4.78, 5) is 16.4. The zero-order valence-corrected chi connectivity index (χ0v) is 25.6. The zero-order chi connectivity index (χ0) is 30.3. The molecular weight excluding hydrogens is 548 g/mol. The van der Waals surface area contributed by atoms with E-state index in [-0.39, 0.29) is 27.6 Å². The van der Waals surface area contributed by atoms with Crippen molar-refractivity contribution < 1.29 is 18.3 Å². The van der Waals surface area contributed by atoms with Crippen LogP contribution in [0, 0.1) is 10.8 Å². The van der Waals surface area contributed by atoms with Gasteiger partial charge in [-0.3, -0.25) is 10.2 Å². The molecule has 0 saturated heterocycles. The molecule has 0 spiro atoms. The Bertz CT molecular complexity index is 1420. The molecule has 4 N–H and O–H groups in total. The molecule has 40 heavy (non-hydrogen) atoms. The summed E-state index contributed by atoms with van der Waals surface area (Å²) in [6, 6.07) is 12.9. The van der Waals surface area contributed by atoms with Crippen LogP contribution in [0.15, 0.2) is 82.2 Å². The van der Waals surface area contributed by atoms with Crippen molar-refractivity contribution in [2.45, 2.75) is 64.9 Å². The highest BCUT2D eigenvalue weighted by atomic mass is 35.5. The molecule has 216 valence electrons. The molecule has 2 rings (SSSR count). The van der Waals surface area contributed by atoms with Gasteiger partial charge in [0.15, 0.2) is 0 Å². The van der Waals surface area contributed by atoms with E-state index in [2.05, 4.69) is 35.8 Å². The molecule has 0 saturated carbocycles. The number of halogens is 1. The van der Waals surface area contributed by atoms with E-state index >= 15 is 0 Å². The van der Waals surface area contributed by atoms with Crippen LogP contribution in [0.25, 0.3) is 0 Å². The van der Waals surface area contributed by atoms with Crippen molar-refractivity contribution in [2.24, 2.45) is 10.4 Å². The molecule has 0 heterocycles. The number of carbonyl (C=O) groups is 1. The summed E-state index contributed by atoms with van der Waals surface area (Å²) < 4.78 is 27.9. The number of aliphatic hydroxyl groups is 1. The lowest BCUT2D eigenvalue weighted by Gasteiger charge is -2.20. The summed E-state index contributed by atoms with van der Waals surface area (Å²) in [5.74, 6) is -1.22. The zero-order valence-electron chi connectivity index (χ0n) is 24.0. The Morgan fingerprint density at radius 3 is 2.30 bits per heavy atom. The second-order valence-corrected chi connectivity index (χ2v) is 13.3. The standard InChI is InChI=1S/C30H39ClN4O4S/c1-20(2)10-9-17-30(6,7)27(31)34-28(32)35-40(38,39)24-12-8-11-22(18-24)26(37)33-19-25(36)21-13-15-23(16-14-21)29(3,4)5/h8-18,25,36H,19H2,1-7H3,(H2,32,35)(H,33,37)/b17-9-,34-27+. The molecule has 1 amide bonds. The van der Waals surface area contributed by atoms with Gasteiger partial charge in [0, 0.05) is 17.5 Å². The first-order valence-electron chi connectivity index (χ1n) is 12.8. The number of rotatable bonds is 9. The first-order chi connectivity index (χ1) is 18.4. The quantitative estimate of drug-likeness (QED) is 0.167. The minimum absolute atomic E-state index is 0.0196. The van der Waals surface area contributed by atoms with Gasteiger partial charge in [0.05, 0.1) is 11.0 Å². The van der Waals surface area contributed by atoms with E-state index in [9.17, 15) is 18.3 Å². The van der Waals surface area contributed by atoms with Gasteiger partial charge >= 0.3 is 0 Å². The van der Waals surface area contributed by atoms with Gasteiger partial charge in [0.1, 0.15) is 5.17 Å². The highest BCUT2D eigenvalue weighted by Crippen LogP contribution is 2.24. The highest BCUT2D eigenvalue weighted by Gasteiger charge is 2.23. The Balaban J connectivity index is 2.08. The van der Waals surface area contributed by atoms with Gasteiger partial charge in [-0.2, -0.15) is 0 Å². The summed E-state index contributed by atoms with van der Waals surface area (Å²) in [7, 11) is -4.22. The SMILES string of the molecule is CC(C)=C/C=C\C(C)(C)/C(Cl)=N\C(=N)NS(=O)(=O)c1cccc(C(=O)NCC(O)c2ccc(C(C)(C)C)cc2)c1. The monoisotopic (exact) mass is 586 g/mol. The number of allylic oxidation sites excluding steroid dienone is 4. The summed E-state index contributed by atoms with van der Waals surface area (Å²) in [5, 5.41) is 21.2. The van der Waals surface area contributed by atoms with Gasteiger partial charge in [-0.15, -0.1) is 0 Å². The van der Waals surface area contributed by atoms with Crippen molar-refractivity contribution in [3.05, 3.63) is 89.0 Å². The van der Waals surface area contributed by atoms with Crippen molar-refractivity contribution >= 4 is 38.7 Å². The number of carbonyl (C=O) groups excluding carboxylic acids is 1. The molecule has 0 aromatic heterocycles. The number of sulfonamides is 1. The van der Waals surface area contributed by atoms with E-state index in [1.165, 1.54) is 24.3 Å². The Morgan fingerprint density at radius 1 is 1.10 bits per heavy atom. The number of nitrogens with zero attached hydrogens (tertiary/aromatic N) is 1. The van der Waals surface area contributed by atoms with Crippen molar-refractivity contribution in [3.63, 3.8) is 0 Å². The molecule has 0 radical (unpaired) electrons. The third-order valence-corrected chi connectivity index (χ3v) is 7.85. The number of hydrogen-bond donors (Lipinski definition) is 4. The lowest BCUT2D eigenvalue weighted by Crippen LogP contribution is -2.31. The molecule has 0 aliphatic rings. The Labute approximate surface area is 242 Å². The van der Waals surface area contributed by atoms with Crippen LogP contribution in [0.4, 0.5) is 0 Å². The number of aliphatic hydroxyl groups excluding tert-OH is 1. The fraction of sp³-hybridized carbons (Fsp3) is 0.367. The minimum atomic E-state index is -4.22. The molecule has 8 nitrogen and oxygen atoms in total. The Kier molecular flexibility index (Phi) is 11.0. The first kappa shape index (κ1) is 32.9. The van der Waals surface area contributed by atoms with Crippen LogP contribution in [0.1, 0.15) is 76.1 Å². The van der Waals surface area contributed by atoms with Crippen molar-refractivity contribution in [2.75, 3.05) is 6.54 Å². The molecule has 0 fully saturated rings. The van der Waals surface area contributed by atoms with Crippen LogP contribution in [-0.2, 0) is 15.4 Å². The average molecular weight is 587 g/mol. The maximum Gasteiger partial charge on any atom is 0.264 e. The molecule has 0 aliphatic carbocycles. The summed E-state index contributed by atoms with van der Waals surface area (Å²) in [6.45, 7) is 13.7. The number of nitrogens with one attached hydrogen (secondary N) is 3. The van der Waals surface area contributed by atoms with E-state index in [1.807, 2.05) is 50.3 Å². The normalized spacial score (nSPS) is 13.6. The van der Waals surface area contributed by atoms with Crippen LogP contribution < -0.4 is 10.0 Å². The maximum absolute atomic E-state index is 12.9. The molecular formula is C30H39ClN4O4S. The minimum Gasteiger partial charge on any atom is -0.387 e. The summed E-state index contributed by atoms with van der Waals surface area (Å²) >= 11 is 6.29. The molecule has 0 bridgehead atoms. The topological polar surface area (TPSA) is 132 Å². The van der Waals surface area contributed by atoms with Crippen LogP contribution in [0.3, 0.4) is 0 Å². The second kappa shape index (κ2) is 13.4. The van der Waals surface area contributed by atoms with Crippen molar-refractivity contribution in [3.8, 4) is 0 Å². The predicted molar refractivity (Wildman–Crippen MR) is 163 cm³/mol. The van der Waals surface area contributed by atoms with Crippen molar-refractivity contribution in [1.82, 2.24) is 10.0 Å². The van der Waals surface area contributed by atoms with Crippen LogP contribution in [0.2, 0.25) is 0 Å². The van der Waals surface area contributed by atoms with E-state index in [4.69, 9.17) is 17.0 Å².